The van der Waals surface area contributed by atoms with Crippen LogP contribution >= 0.6 is 0 Å². The molecule has 2 amide bonds. The Bertz CT molecular complexity index is 1120. The highest BCUT2D eigenvalue weighted by Crippen LogP contribution is 2.30. The molecule has 0 spiro atoms. The fraction of sp³-hybridized carbons (Fsp3) is 0.286. The van der Waals surface area contributed by atoms with E-state index in [1.807, 2.05) is 18.2 Å². The Morgan fingerprint density at radius 1 is 0.941 bits per heavy atom. The SMILES string of the molecule is CC(=O)Nc1ccc(N2CCC(Cc3ccccc3)CC2)c(C(=O)NCc2ccc(F)cc2)c1. The molecular formula is C28H30FN3O2. The van der Waals surface area contributed by atoms with E-state index in [4.69, 9.17) is 0 Å². The number of piperidine rings is 1. The van der Waals surface area contributed by atoms with E-state index in [2.05, 4.69) is 39.8 Å². The van der Waals surface area contributed by atoms with Crippen molar-refractivity contribution in [3.63, 3.8) is 0 Å². The number of nitrogens with one attached hydrogen (secondary N) is 2. The van der Waals surface area contributed by atoms with Crippen LogP contribution in [-0.4, -0.2) is 24.9 Å². The highest BCUT2D eigenvalue weighted by molar-refractivity contribution is 6.02. The first-order valence-electron chi connectivity index (χ1n) is 11.7. The maximum Gasteiger partial charge on any atom is 0.253 e. The van der Waals surface area contributed by atoms with Crippen molar-refractivity contribution in [3.8, 4) is 0 Å². The minimum Gasteiger partial charge on any atom is -0.371 e. The lowest BCUT2D eigenvalue weighted by Crippen LogP contribution is -2.36. The molecular weight excluding hydrogens is 429 g/mol. The number of benzene rings is 3. The molecule has 1 aliphatic rings. The van der Waals surface area contributed by atoms with E-state index in [9.17, 15) is 14.0 Å². The normalized spacial score (nSPS) is 14.0. The van der Waals surface area contributed by atoms with Gasteiger partial charge in [-0.3, -0.25) is 9.59 Å². The van der Waals surface area contributed by atoms with Gasteiger partial charge in [0.25, 0.3) is 5.91 Å². The maximum absolute atomic E-state index is 13.2. The van der Waals surface area contributed by atoms with E-state index in [0.717, 1.165) is 43.6 Å². The van der Waals surface area contributed by atoms with Gasteiger partial charge in [0.1, 0.15) is 5.82 Å². The van der Waals surface area contributed by atoms with Gasteiger partial charge >= 0.3 is 0 Å². The van der Waals surface area contributed by atoms with Crippen molar-refractivity contribution in [2.45, 2.75) is 32.7 Å². The molecule has 0 aliphatic carbocycles. The molecule has 1 heterocycles. The molecule has 1 saturated heterocycles. The number of rotatable bonds is 7. The van der Waals surface area contributed by atoms with E-state index in [-0.39, 0.29) is 17.6 Å². The second-order valence-electron chi connectivity index (χ2n) is 8.84. The first-order chi connectivity index (χ1) is 16.5. The molecule has 176 valence electrons. The van der Waals surface area contributed by atoms with Gasteiger partial charge in [-0.2, -0.15) is 0 Å². The van der Waals surface area contributed by atoms with Crippen molar-refractivity contribution in [2.24, 2.45) is 5.92 Å². The summed E-state index contributed by atoms with van der Waals surface area (Å²) in [6.45, 7) is 3.48. The maximum atomic E-state index is 13.2. The van der Waals surface area contributed by atoms with Crippen LogP contribution in [0.3, 0.4) is 0 Å². The molecule has 3 aromatic rings. The Kier molecular flexibility index (Phi) is 7.58. The molecule has 6 heteroatoms. The van der Waals surface area contributed by atoms with E-state index < -0.39 is 0 Å². The van der Waals surface area contributed by atoms with E-state index in [1.165, 1.54) is 24.6 Å². The van der Waals surface area contributed by atoms with E-state index in [0.29, 0.717) is 23.7 Å². The minimum absolute atomic E-state index is 0.188. The van der Waals surface area contributed by atoms with Crippen LogP contribution in [0.25, 0.3) is 0 Å². The summed E-state index contributed by atoms with van der Waals surface area (Å²) in [6, 6.07) is 22.1. The lowest BCUT2D eigenvalue weighted by atomic mass is 9.89. The van der Waals surface area contributed by atoms with Crippen molar-refractivity contribution < 1.29 is 14.0 Å². The summed E-state index contributed by atoms with van der Waals surface area (Å²) in [4.78, 5) is 27.0. The molecule has 0 aromatic heterocycles. The number of hydrogen-bond acceptors (Lipinski definition) is 3. The standard InChI is InChI=1S/C28H30FN3O2/c1-20(33)31-25-11-12-27(26(18-25)28(34)30-19-23-7-9-24(29)10-8-23)32-15-13-22(14-16-32)17-21-5-3-2-4-6-21/h2-12,18,22H,13-17,19H2,1H3,(H,30,34)(H,31,33). The zero-order chi connectivity index (χ0) is 23.9. The summed E-state index contributed by atoms with van der Waals surface area (Å²) < 4.78 is 13.2. The van der Waals surface area contributed by atoms with Crippen LogP contribution in [0.4, 0.5) is 15.8 Å². The molecule has 0 bridgehead atoms. The first-order valence-corrected chi connectivity index (χ1v) is 11.7. The summed E-state index contributed by atoms with van der Waals surface area (Å²) in [5, 5.41) is 5.70. The highest BCUT2D eigenvalue weighted by atomic mass is 19.1. The fourth-order valence-electron chi connectivity index (χ4n) is 4.48. The number of carbonyl (C=O) groups excluding carboxylic acids is 2. The molecule has 34 heavy (non-hydrogen) atoms. The number of hydrogen-bond donors (Lipinski definition) is 2. The number of halogens is 1. The van der Waals surface area contributed by atoms with Crippen molar-refractivity contribution in [3.05, 3.63) is 95.3 Å². The summed E-state index contributed by atoms with van der Waals surface area (Å²) in [5.41, 5.74) is 4.15. The number of nitrogens with zero attached hydrogens (tertiary/aromatic N) is 1. The highest BCUT2D eigenvalue weighted by Gasteiger charge is 2.23. The summed E-state index contributed by atoms with van der Waals surface area (Å²) in [5.74, 6) is -0.103. The third kappa shape index (κ3) is 6.22. The van der Waals surface area contributed by atoms with Crippen LogP contribution in [-0.2, 0) is 17.8 Å². The summed E-state index contributed by atoms with van der Waals surface area (Å²) in [7, 11) is 0. The Morgan fingerprint density at radius 3 is 2.32 bits per heavy atom. The van der Waals surface area contributed by atoms with Crippen molar-refractivity contribution >= 4 is 23.2 Å². The number of carbonyl (C=O) groups is 2. The molecule has 0 atom stereocenters. The average molecular weight is 460 g/mol. The van der Waals surface area contributed by atoms with Gasteiger partial charge < -0.3 is 15.5 Å². The quantitative estimate of drug-likeness (QED) is 0.512. The van der Waals surface area contributed by atoms with E-state index in [1.54, 1.807) is 18.2 Å². The predicted octanol–water partition coefficient (Wildman–Crippen LogP) is 5.17. The predicted molar refractivity (Wildman–Crippen MR) is 133 cm³/mol. The molecule has 0 unspecified atom stereocenters. The van der Waals surface area contributed by atoms with Gasteiger partial charge in [-0.25, -0.2) is 4.39 Å². The molecule has 0 radical (unpaired) electrons. The Morgan fingerprint density at radius 2 is 1.65 bits per heavy atom. The van der Waals surface area contributed by atoms with Gasteiger partial charge in [0.05, 0.1) is 5.56 Å². The molecule has 1 aliphatic heterocycles. The summed E-state index contributed by atoms with van der Waals surface area (Å²) >= 11 is 0. The third-order valence-corrected chi connectivity index (χ3v) is 6.25. The first kappa shape index (κ1) is 23.5. The largest absolute Gasteiger partial charge is 0.371 e. The van der Waals surface area contributed by atoms with Crippen LogP contribution in [0.15, 0.2) is 72.8 Å². The Balaban J connectivity index is 1.47. The van der Waals surface area contributed by atoms with Crippen LogP contribution < -0.4 is 15.5 Å². The molecule has 4 rings (SSSR count). The van der Waals surface area contributed by atoms with Gasteiger partial charge in [0.15, 0.2) is 0 Å². The number of anilines is 2. The second-order valence-corrected chi connectivity index (χ2v) is 8.84. The monoisotopic (exact) mass is 459 g/mol. The zero-order valence-electron chi connectivity index (χ0n) is 19.4. The fourth-order valence-corrected chi connectivity index (χ4v) is 4.48. The van der Waals surface area contributed by atoms with Gasteiger partial charge in [-0.15, -0.1) is 0 Å². The van der Waals surface area contributed by atoms with Crippen LogP contribution in [0.5, 0.6) is 0 Å². The number of amides is 2. The summed E-state index contributed by atoms with van der Waals surface area (Å²) in [6.07, 6.45) is 3.18. The minimum atomic E-state index is -0.309. The van der Waals surface area contributed by atoms with Gasteiger partial charge in [0, 0.05) is 37.9 Å². The van der Waals surface area contributed by atoms with E-state index >= 15 is 0 Å². The molecule has 1 fully saturated rings. The van der Waals surface area contributed by atoms with Crippen molar-refractivity contribution in [1.29, 1.82) is 0 Å². The van der Waals surface area contributed by atoms with Crippen molar-refractivity contribution in [2.75, 3.05) is 23.3 Å². The van der Waals surface area contributed by atoms with Crippen LogP contribution in [0.2, 0.25) is 0 Å². The lowest BCUT2D eigenvalue weighted by molar-refractivity contribution is -0.114. The van der Waals surface area contributed by atoms with Crippen LogP contribution in [0.1, 0.15) is 41.3 Å². The molecule has 0 saturated carbocycles. The zero-order valence-corrected chi connectivity index (χ0v) is 19.4. The van der Waals surface area contributed by atoms with Gasteiger partial charge in [-0.1, -0.05) is 42.5 Å². The lowest BCUT2D eigenvalue weighted by Gasteiger charge is -2.35. The average Bonchev–Trinajstić information content (AvgIpc) is 2.84. The van der Waals surface area contributed by atoms with Crippen LogP contribution in [0, 0.1) is 11.7 Å². The van der Waals surface area contributed by atoms with Gasteiger partial charge in [-0.05, 0) is 66.6 Å². The van der Waals surface area contributed by atoms with Crippen molar-refractivity contribution in [1.82, 2.24) is 5.32 Å². The Hall–Kier alpha value is -3.67. The Labute approximate surface area is 200 Å². The molecule has 3 aromatic carbocycles. The molecule has 2 N–H and O–H groups in total. The second kappa shape index (κ2) is 11.0. The topological polar surface area (TPSA) is 61.4 Å². The molecule has 5 nitrogen and oxygen atoms in total. The third-order valence-electron chi connectivity index (χ3n) is 6.25. The van der Waals surface area contributed by atoms with Gasteiger partial charge in [0.2, 0.25) is 5.91 Å². The smallest absolute Gasteiger partial charge is 0.253 e.